The summed E-state index contributed by atoms with van der Waals surface area (Å²) < 4.78 is 0. The minimum atomic E-state index is -0.152. The molecule has 0 aliphatic carbocycles. The van der Waals surface area contributed by atoms with Gasteiger partial charge in [0.2, 0.25) is 0 Å². The first kappa shape index (κ1) is 15.2. The average Bonchev–Trinajstić information content (AvgIpc) is 2.45. The number of hydrogen-bond acceptors (Lipinski definition) is 3. The fourth-order valence-corrected chi connectivity index (χ4v) is 1.89. The van der Waals surface area contributed by atoms with Crippen molar-refractivity contribution < 1.29 is 4.79 Å². The van der Waals surface area contributed by atoms with E-state index >= 15 is 0 Å². The number of nitrogens with two attached hydrogens (primary N) is 1. The van der Waals surface area contributed by atoms with Crippen LogP contribution in [0.3, 0.4) is 0 Å². The van der Waals surface area contributed by atoms with E-state index in [9.17, 15) is 4.79 Å². The molecule has 1 unspecified atom stereocenters. The van der Waals surface area contributed by atoms with Gasteiger partial charge in [0.05, 0.1) is 12.0 Å². The number of rotatable bonds is 6. The summed E-state index contributed by atoms with van der Waals surface area (Å²) in [7, 11) is 0. The second-order valence-electron chi connectivity index (χ2n) is 4.61. The van der Waals surface area contributed by atoms with E-state index in [2.05, 4.69) is 6.07 Å². The SMILES string of the molecule is CCN(CC(C)C#N)C(=O)c1ccc(CCN)cc1. The van der Waals surface area contributed by atoms with Crippen molar-refractivity contribution in [1.82, 2.24) is 4.90 Å². The highest BCUT2D eigenvalue weighted by Crippen LogP contribution is 2.10. The molecule has 0 fully saturated rings. The molecule has 0 bridgehead atoms. The quantitative estimate of drug-likeness (QED) is 0.847. The Kier molecular flexibility index (Phi) is 6.04. The predicted molar refractivity (Wildman–Crippen MR) is 75.6 cm³/mol. The van der Waals surface area contributed by atoms with Gasteiger partial charge in [0, 0.05) is 18.7 Å². The molecule has 1 rings (SSSR count). The van der Waals surface area contributed by atoms with Crippen molar-refractivity contribution in [2.45, 2.75) is 20.3 Å². The van der Waals surface area contributed by atoms with Gasteiger partial charge in [-0.3, -0.25) is 4.79 Å². The lowest BCUT2D eigenvalue weighted by Gasteiger charge is -2.22. The molecule has 0 radical (unpaired) electrons. The van der Waals surface area contributed by atoms with Crippen LogP contribution in [0.1, 0.15) is 29.8 Å². The molecule has 1 amide bonds. The first-order chi connectivity index (χ1) is 9.12. The van der Waals surface area contributed by atoms with Gasteiger partial charge >= 0.3 is 0 Å². The van der Waals surface area contributed by atoms with Gasteiger partial charge in [-0.2, -0.15) is 5.26 Å². The molecular weight excluding hydrogens is 238 g/mol. The van der Waals surface area contributed by atoms with E-state index in [1.165, 1.54) is 0 Å². The molecule has 4 heteroatoms. The molecule has 4 nitrogen and oxygen atoms in total. The van der Waals surface area contributed by atoms with Crippen molar-refractivity contribution in [1.29, 1.82) is 5.26 Å². The average molecular weight is 259 g/mol. The number of nitrogens with zero attached hydrogens (tertiary/aromatic N) is 2. The van der Waals surface area contributed by atoms with E-state index < -0.39 is 0 Å². The number of benzene rings is 1. The van der Waals surface area contributed by atoms with E-state index in [0.717, 1.165) is 12.0 Å². The standard InChI is InChI=1S/C15H21N3O/c1-3-18(11-12(2)10-17)15(19)14-6-4-13(5-7-14)8-9-16/h4-7,12H,3,8-9,11,16H2,1-2H3. The number of nitriles is 1. The summed E-state index contributed by atoms with van der Waals surface area (Å²) >= 11 is 0. The van der Waals surface area contributed by atoms with Crippen LogP contribution in [0.4, 0.5) is 0 Å². The normalized spacial score (nSPS) is 11.7. The molecular formula is C15H21N3O. The maximum Gasteiger partial charge on any atom is 0.253 e. The highest BCUT2D eigenvalue weighted by molar-refractivity contribution is 5.94. The summed E-state index contributed by atoms with van der Waals surface area (Å²) in [6, 6.07) is 9.67. The van der Waals surface area contributed by atoms with E-state index in [-0.39, 0.29) is 11.8 Å². The van der Waals surface area contributed by atoms with E-state index in [0.29, 0.717) is 25.2 Å². The van der Waals surface area contributed by atoms with Gasteiger partial charge in [0.25, 0.3) is 5.91 Å². The fourth-order valence-electron chi connectivity index (χ4n) is 1.89. The molecule has 1 atom stereocenters. The van der Waals surface area contributed by atoms with E-state index in [4.69, 9.17) is 11.0 Å². The number of carbonyl (C=O) groups is 1. The summed E-state index contributed by atoms with van der Waals surface area (Å²) in [6.45, 7) is 5.42. The summed E-state index contributed by atoms with van der Waals surface area (Å²) in [5, 5.41) is 8.83. The predicted octanol–water partition coefficient (Wildman–Crippen LogP) is 1.81. The van der Waals surface area contributed by atoms with Gasteiger partial charge in [-0.05, 0) is 44.5 Å². The van der Waals surface area contributed by atoms with Crippen molar-refractivity contribution in [3.63, 3.8) is 0 Å². The van der Waals surface area contributed by atoms with Crippen LogP contribution in [0, 0.1) is 17.2 Å². The van der Waals surface area contributed by atoms with Gasteiger partial charge in [-0.15, -0.1) is 0 Å². The number of amides is 1. The zero-order valence-corrected chi connectivity index (χ0v) is 11.6. The van der Waals surface area contributed by atoms with Crippen molar-refractivity contribution in [3.05, 3.63) is 35.4 Å². The third-order valence-electron chi connectivity index (χ3n) is 3.02. The minimum Gasteiger partial charge on any atom is -0.338 e. The Morgan fingerprint density at radius 3 is 2.53 bits per heavy atom. The highest BCUT2D eigenvalue weighted by atomic mass is 16.2. The third kappa shape index (κ3) is 4.38. The fraction of sp³-hybridized carbons (Fsp3) is 0.467. The molecule has 102 valence electrons. The molecule has 0 aliphatic heterocycles. The third-order valence-corrected chi connectivity index (χ3v) is 3.02. The Bertz CT molecular complexity index is 447. The van der Waals surface area contributed by atoms with Crippen molar-refractivity contribution in [2.24, 2.45) is 11.7 Å². The van der Waals surface area contributed by atoms with Crippen LogP contribution in [0.15, 0.2) is 24.3 Å². The second-order valence-corrected chi connectivity index (χ2v) is 4.61. The lowest BCUT2D eigenvalue weighted by Crippen LogP contribution is -2.34. The smallest absolute Gasteiger partial charge is 0.253 e. The Labute approximate surface area is 114 Å². The molecule has 1 aromatic carbocycles. The summed E-state index contributed by atoms with van der Waals surface area (Å²) in [6.07, 6.45) is 0.817. The van der Waals surface area contributed by atoms with Crippen molar-refractivity contribution in [2.75, 3.05) is 19.6 Å². The van der Waals surface area contributed by atoms with Crippen LogP contribution >= 0.6 is 0 Å². The molecule has 0 spiro atoms. The van der Waals surface area contributed by atoms with Gasteiger partial charge in [0.1, 0.15) is 0 Å². The number of carbonyl (C=O) groups excluding carboxylic acids is 1. The first-order valence-corrected chi connectivity index (χ1v) is 6.60. The van der Waals surface area contributed by atoms with Crippen LogP contribution in [0.25, 0.3) is 0 Å². The molecule has 2 N–H and O–H groups in total. The molecule has 19 heavy (non-hydrogen) atoms. The minimum absolute atomic E-state index is 0.0242. The van der Waals surface area contributed by atoms with Gasteiger partial charge in [-0.25, -0.2) is 0 Å². The Balaban J connectivity index is 2.77. The molecule has 0 aliphatic rings. The summed E-state index contributed by atoms with van der Waals surface area (Å²) in [5.41, 5.74) is 7.28. The van der Waals surface area contributed by atoms with Crippen LogP contribution in [-0.2, 0) is 6.42 Å². The molecule has 0 aromatic heterocycles. The molecule has 1 aromatic rings. The second kappa shape index (κ2) is 7.55. The summed E-state index contributed by atoms with van der Waals surface area (Å²) in [5.74, 6) is -0.177. The molecule has 0 heterocycles. The topological polar surface area (TPSA) is 70.1 Å². The maximum absolute atomic E-state index is 12.3. The Hall–Kier alpha value is -1.86. The van der Waals surface area contributed by atoms with Crippen LogP contribution < -0.4 is 5.73 Å². The first-order valence-electron chi connectivity index (χ1n) is 6.60. The van der Waals surface area contributed by atoms with Crippen molar-refractivity contribution in [3.8, 4) is 6.07 Å². The molecule has 0 saturated heterocycles. The lowest BCUT2D eigenvalue weighted by atomic mass is 10.1. The van der Waals surface area contributed by atoms with Gasteiger partial charge in [0.15, 0.2) is 0 Å². The van der Waals surface area contributed by atoms with Gasteiger partial charge in [-0.1, -0.05) is 12.1 Å². The lowest BCUT2D eigenvalue weighted by molar-refractivity contribution is 0.0752. The van der Waals surface area contributed by atoms with Gasteiger partial charge < -0.3 is 10.6 Å². The zero-order chi connectivity index (χ0) is 14.3. The van der Waals surface area contributed by atoms with Crippen LogP contribution in [0.2, 0.25) is 0 Å². The largest absolute Gasteiger partial charge is 0.338 e. The van der Waals surface area contributed by atoms with Crippen LogP contribution in [0.5, 0.6) is 0 Å². The Morgan fingerprint density at radius 1 is 1.42 bits per heavy atom. The zero-order valence-electron chi connectivity index (χ0n) is 11.6. The Morgan fingerprint density at radius 2 is 2.05 bits per heavy atom. The number of hydrogen-bond donors (Lipinski definition) is 1. The van der Waals surface area contributed by atoms with E-state index in [1.807, 2.05) is 38.1 Å². The van der Waals surface area contributed by atoms with E-state index in [1.54, 1.807) is 4.90 Å². The van der Waals surface area contributed by atoms with Crippen molar-refractivity contribution >= 4 is 5.91 Å². The monoisotopic (exact) mass is 259 g/mol. The summed E-state index contributed by atoms with van der Waals surface area (Å²) in [4.78, 5) is 14.0. The maximum atomic E-state index is 12.3. The highest BCUT2D eigenvalue weighted by Gasteiger charge is 2.16. The molecule has 0 saturated carbocycles. The van der Waals surface area contributed by atoms with Crippen LogP contribution in [-0.4, -0.2) is 30.4 Å².